The lowest BCUT2D eigenvalue weighted by Gasteiger charge is -2.25. The van der Waals surface area contributed by atoms with Crippen molar-refractivity contribution in [2.45, 2.75) is 25.9 Å². The number of aromatic carboxylic acids is 1. The minimum atomic E-state index is -1.30. The third kappa shape index (κ3) is 3.54. The Bertz CT molecular complexity index is 580. The molecule has 0 aliphatic rings. The fourth-order valence-corrected chi connectivity index (χ4v) is 1.59. The van der Waals surface area contributed by atoms with Crippen LogP contribution in [0.1, 0.15) is 30.6 Å². The molecule has 114 valence electrons. The zero-order chi connectivity index (χ0) is 16.2. The van der Waals surface area contributed by atoms with E-state index in [9.17, 15) is 19.7 Å². The quantitative estimate of drug-likeness (QED) is 0.612. The van der Waals surface area contributed by atoms with Crippen LogP contribution in [0.5, 0.6) is 0 Å². The van der Waals surface area contributed by atoms with E-state index in [0.29, 0.717) is 6.42 Å². The summed E-state index contributed by atoms with van der Waals surface area (Å²) in [4.78, 5) is 33.4. The van der Waals surface area contributed by atoms with Crippen LogP contribution in [0.2, 0.25) is 0 Å². The number of ether oxygens (including phenoxy) is 1. The molecule has 0 spiro atoms. The second kappa shape index (κ2) is 6.31. The summed E-state index contributed by atoms with van der Waals surface area (Å²) in [5.41, 5.74) is -1.84. The fourth-order valence-electron chi connectivity index (χ4n) is 1.59. The van der Waals surface area contributed by atoms with E-state index in [-0.39, 0.29) is 16.9 Å². The molecule has 8 nitrogen and oxygen atoms in total. The molecular formula is C13H16N2O6. The molecule has 21 heavy (non-hydrogen) atoms. The van der Waals surface area contributed by atoms with Gasteiger partial charge in [0, 0.05) is 19.2 Å². The van der Waals surface area contributed by atoms with Crippen LogP contribution in [0.3, 0.4) is 0 Å². The Balaban J connectivity index is 3.22. The molecule has 1 unspecified atom stereocenters. The van der Waals surface area contributed by atoms with Gasteiger partial charge in [0.05, 0.1) is 16.2 Å². The maximum Gasteiger partial charge on any atom is 0.337 e. The summed E-state index contributed by atoms with van der Waals surface area (Å²) in [5.74, 6) is -1.87. The van der Waals surface area contributed by atoms with Crippen LogP contribution in [0, 0.1) is 10.1 Å². The number of rotatable bonds is 6. The molecule has 1 aromatic rings. The third-order valence-electron chi connectivity index (χ3n) is 3.30. The second-order valence-electron chi connectivity index (χ2n) is 4.53. The molecule has 1 rings (SSSR count). The first-order valence-corrected chi connectivity index (χ1v) is 6.13. The molecule has 0 bridgehead atoms. The molecule has 1 aromatic carbocycles. The number of benzene rings is 1. The highest BCUT2D eigenvalue weighted by Crippen LogP contribution is 2.25. The molecule has 0 aliphatic heterocycles. The number of hydrogen-bond donors (Lipinski definition) is 2. The van der Waals surface area contributed by atoms with Crippen LogP contribution in [0.15, 0.2) is 18.2 Å². The van der Waals surface area contributed by atoms with Crippen LogP contribution < -0.4 is 5.32 Å². The summed E-state index contributed by atoms with van der Waals surface area (Å²) < 4.78 is 5.11. The predicted octanol–water partition coefficient (Wildman–Crippen LogP) is 2.05. The highest BCUT2D eigenvalue weighted by molar-refractivity contribution is 6.03. The minimum absolute atomic E-state index is 0.140. The number of non-ortho nitro benzene ring substituents is 1. The van der Waals surface area contributed by atoms with Gasteiger partial charge in [0.25, 0.3) is 11.6 Å². The van der Waals surface area contributed by atoms with Gasteiger partial charge < -0.3 is 15.2 Å². The van der Waals surface area contributed by atoms with Crippen LogP contribution in [0.4, 0.5) is 11.4 Å². The van der Waals surface area contributed by atoms with Gasteiger partial charge in [-0.2, -0.15) is 0 Å². The maximum atomic E-state index is 12.2. The number of nitrogens with zero attached hydrogens (tertiary/aromatic N) is 1. The first kappa shape index (κ1) is 16.6. The number of nitrogens with one attached hydrogen (secondary N) is 1. The molecule has 0 saturated carbocycles. The van der Waals surface area contributed by atoms with E-state index in [1.165, 1.54) is 7.11 Å². The lowest BCUT2D eigenvalue weighted by atomic mass is 10.0. The van der Waals surface area contributed by atoms with Crippen LogP contribution in [-0.4, -0.2) is 34.6 Å². The largest absolute Gasteiger partial charge is 0.478 e. The average molecular weight is 296 g/mol. The molecule has 0 aromatic heterocycles. The molecule has 0 aliphatic carbocycles. The van der Waals surface area contributed by atoms with E-state index >= 15 is 0 Å². The topological polar surface area (TPSA) is 119 Å². The van der Waals surface area contributed by atoms with Crippen LogP contribution >= 0.6 is 0 Å². The van der Waals surface area contributed by atoms with Crippen molar-refractivity contribution in [2.75, 3.05) is 12.4 Å². The van der Waals surface area contributed by atoms with E-state index < -0.39 is 22.4 Å². The molecular weight excluding hydrogens is 280 g/mol. The van der Waals surface area contributed by atoms with Gasteiger partial charge in [-0.05, 0) is 19.4 Å². The zero-order valence-corrected chi connectivity index (χ0v) is 11.9. The van der Waals surface area contributed by atoms with Crippen molar-refractivity contribution < 1.29 is 24.4 Å². The molecule has 0 heterocycles. The lowest BCUT2D eigenvalue weighted by molar-refractivity contribution is -0.384. The SMILES string of the molecule is CCC(C)(OC)C(=O)Nc1cc([N+](=O)[O-])ccc1C(=O)O. The van der Waals surface area contributed by atoms with Gasteiger partial charge in [-0.1, -0.05) is 6.92 Å². The molecule has 0 saturated heterocycles. The van der Waals surface area contributed by atoms with Crippen molar-refractivity contribution in [1.29, 1.82) is 0 Å². The van der Waals surface area contributed by atoms with Gasteiger partial charge in [0.15, 0.2) is 0 Å². The molecule has 2 N–H and O–H groups in total. The van der Waals surface area contributed by atoms with E-state index in [2.05, 4.69) is 5.32 Å². The highest BCUT2D eigenvalue weighted by Gasteiger charge is 2.32. The number of amides is 1. The van der Waals surface area contributed by atoms with E-state index in [4.69, 9.17) is 9.84 Å². The lowest BCUT2D eigenvalue weighted by Crippen LogP contribution is -2.41. The Morgan fingerprint density at radius 2 is 2.10 bits per heavy atom. The number of hydrogen-bond acceptors (Lipinski definition) is 5. The van der Waals surface area contributed by atoms with Gasteiger partial charge in [-0.15, -0.1) is 0 Å². The van der Waals surface area contributed by atoms with E-state index in [0.717, 1.165) is 18.2 Å². The first-order chi connectivity index (χ1) is 9.75. The Morgan fingerprint density at radius 3 is 2.52 bits per heavy atom. The predicted molar refractivity (Wildman–Crippen MR) is 74.4 cm³/mol. The number of anilines is 1. The maximum absolute atomic E-state index is 12.2. The number of carboxylic acids is 1. The summed E-state index contributed by atoms with van der Waals surface area (Å²) in [6, 6.07) is 3.15. The van der Waals surface area contributed by atoms with Crippen molar-refractivity contribution in [3.8, 4) is 0 Å². The molecule has 0 fully saturated rings. The number of nitro benzene ring substituents is 1. The van der Waals surface area contributed by atoms with Gasteiger partial charge in [-0.25, -0.2) is 4.79 Å². The van der Waals surface area contributed by atoms with Gasteiger partial charge in [0.1, 0.15) is 5.60 Å². The number of nitro groups is 1. The van der Waals surface area contributed by atoms with Crippen molar-refractivity contribution in [2.24, 2.45) is 0 Å². The van der Waals surface area contributed by atoms with Crippen molar-refractivity contribution in [3.63, 3.8) is 0 Å². The Morgan fingerprint density at radius 1 is 1.48 bits per heavy atom. The summed E-state index contributed by atoms with van der Waals surface area (Å²) in [7, 11) is 1.36. The number of carboxylic acid groups (broad SMARTS) is 1. The van der Waals surface area contributed by atoms with Crippen molar-refractivity contribution >= 4 is 23.3 Å². The van der Waals surface area contributed by atoms with E-state index in [1.807, 2.05) is 0 Å². The fraction of sp³-hybridized carbons (Fsp3) is 0.385. The van der Waals surface area contributed by atoms with Gasteiger partial charge in [0.2, 0.25) is 0 Å². The standard InChI is InChI=1S/C13H16N2O6/c1-4-13(2,21-3)12(18)14-10-7-8(15(19)20)5-6-9(10)11(16)17/h5-7H,4H2,1-3H3,(H,14,18)(H,16,17). The number of carbonyl (C=O) groups is 2. The Labute approximate surface area is 120 Å². The van der Waals surface area contributed by atoms with Crippen LogP contribution in [0.25, 0.3) is 0 Å². The van der Waals surface area contributed by atoms with Crippen molar-refractivity contribution in [1.82, 2.24) is 0 Å². The summed E-state index contributed by atoms with van der Waals surface area (Å²) in [5, 5.41) is 22.2. The monoisotopic (exact) mass is 296 g/mol. The summed E-state index contributed by atoms with van der Waals surface area (Å²) in [6.45, 7) is 3.27. The van der Waals surface area contributed by atoms with Gasteiger partial charge >= 0.3 is 5.97 Å². The highest BCUT2D eigenvalue weighted by atomic mass is 16.6. The first-order valence-electron chi connectivity index (χ1n) is 6.13. The summed E-state index contributed by atoms with van der Waals surface area (Å²) in [6.07, 6.45) is 0.354. The van der Waals surface area contributed by atoms with E-state index in [1.54, 1.807) is 13.8 Å². The third-order valence-corrected chi connectivity index (χ3v) is 3.30. The summed E-state index contributed by atoms with van der Waals surface area (Å²) >= 11 is 0. The van der Waals surface area contributed by atoms with Crippen LogP contribution in [-0.2, 0) is 9.53 Å². The zero-order valence-electron chi connectivity index (χ0n) is 11.9. The number of methoxy groups -OCH3 is 1. The molecule has 0 radical (unpaired) electrons. The average Bonchev–Trinajstić information content (AvgIpc) is 2.45. The number of carbonyl (C=O) groups excluding carboxylic acids is 1. The normalized spacial score (nSPS) is 13.3. The van der Waals surface area contributed by atoms with Crippen molar-refractivity contribution in [3.05, 3.63) is 33.9 Å². The van der Waals surface area contributed by atoms with Gasteiger partial charge in [-0.3, -0.25) is 14.9 Å². The minimum Gasteiger partial charge on any atom is -0.478 e. The molecule has 8 heteroatoms. The Hall–Kier alpha value is -2.48. The molecule has 1 amide bonds. The smallest absolute Gasteiger partial charge is 0.337 e. The molecule has 1 atom stereocenters. The second-order valence-corrected chi connectivity index (χ2v) is 4.53. The Kier molecular flexibility index (Phi) is 4.98.